The molecule has 0 radical (unpaired) electrons. The minimum absolute atomic E-state index is 0.0861. The van der Waals surface area contributed by atoms with Crippen LogP contribution in [0.2, 0.25) is 0 Å². The summed E-state index contributed by atoms with van der Waals surface area (Å²) >= 11 is 0. The molecule has 1 aromatic carbocycles. The molecule has 0 spiro atoms. The first-order chi connectivity index (χ1) is 11.4. The SMILES string of the molecule is COCCNS(=O)(=O)c1cccc(C(=O)NC2CCCCC2C)c1. The van der Waals surface area contributed by atoms with Crippen LogP contribution in [-0.2, 0) is 14.8 Å². The van der Waals surface area contributed by atoms with Gasteiger partial charge in [0.05, 0.1) is 11.5 Å². The highest BCUT2D eigenvalue weighted by Gasteiger charge is 2.24. The fraction of sp³-hybridized carbons (Fsp3) is 0.588. The van der Waals surface area contributed by atoms with E-state index in [1.165, 1.54) is 25.7 Å². The number of ether oxygens (including phenoxy) is 1. The number of nitrogens with one attached hydrogen (secondary N) is 2. The lowest BCUT2D eigenvalue weighted by Crippen LogP contribution is -2.41. The van der Waals surface area contributed by atoms with Gasteiger partial charge in [-0.2, -0.15) is 0 Å². The lowest BCUT2D eigenvalue weighted by atomic mass is 9.86. The van der Waals surface area contributed by atoms with Gasteiger partial charge >= 0.3 is 0 Å². The lowest BCUT2D eigenvalue weighted by molar-refractivity contribution is 0.0910. The van der Waals surface area contributed by atoms with Crippen LogP contribution in [0.4, 0.5) is 0 Å². The summed E-state index contributed by atoms with van der Waals surface area (Å²) in [6.07, 6.45) is 4.41. The summed E-state index contributed by atoms with van der Waals surface area (Å²) in [5.74, 6) is 0.230. The first-order valence-corrected chi connectivity index (χ1v) is 9.82. The first-order valence-electron chi connectivity index (χ1n) is 8.33. The fourth-order valence-electron chi connectivity index (χ4n) is 2.95. The van der Waals surface area contributed by atoms with Gasteiger partial charge in [-0.15, -0.1) is 0 Å². The van der Waals surface area contributed by atoms with E-state index in [0.29, 0.717) is 18.1 Å². The van der Waals surface area contributed by atoms with Crippen LogP contribution in [0.3, 0.4) is 0 Å². The molecular formula is C17H26N2O4S. The van der Waals surface area contributed by atoms with Crippen molar-refractivity contribution in [2.75, 3.05) is 20.3 Å². The van der Waals surface area contributed by atoms with Gasteiger partial charge in [-0.1, -0.05) is 25.8 Å². The van der Waals surface area contributed by atoms with Gasteiger partial charge in [0.1, 0.15) is 0 Å². The maximum absolute atomic E-state index is 12.5. The third-order valence-electron chi connectivity index (χ3n) is 4.43. The Kier molecular flexibility index (Phi) is 6.77. The molecule has 24 heavy (non-hydrogen) atoms. The van der Waals surface area contributed by atoms with E-state index in [9.17, 15) is 13.2 Å². The highest BCUT2D eigenvalue weighted by molar-refractivity contribution is 7.89. The van der Waals surface area contributed by atoms with Gasteiger partial charge < -0.3 is 10.1 Å². The van der Waals surface area contributed by atoms with Crippen molar-refractivity contribution in [2.24, 2.45) is 5.92 Å². The average molecular weight is 354 g/mol. The summed E-state index contributed by atoms with van der Waals surface area (Å²) < 4.78 is 31.7. The molecule has 2 N–H and O–H groups in total. The van der Waals surface area contributed by atoms with Crippen molar-refractivity contribution >= 4 is 15.9 Å². The lowest BCUT2D eigenvalue weighted by Gasteiger charge is -2.29. The van der Waals surface area contributed by atoms with Gasteiger partial charge in [0, 0.05) is 25.3 Å². The average Bonchev–Trinajstić information content (AvgIpc) is 2.57. The van der Waals surface area contributed by atoms with E-state index in [2.05, 4.69) is 17.0 Å². The maximum Gasteiger partial charge on any atom is 0.251 e. The van der Waals surface area contributed by atoms with Gasteiger partial charge in [0.2, 0.25) is 10.0 Å². The summed E-state index contributed by atoms with van der Waals surface area (Å²) in [6, 6.07) is 6.28. The Morgan fingerprint density at radius 1 is 1.29 bits per heavy atom. The Balaban J connectivity index is 2.07. The summed E-state index contributed by atoms with van der Waals surface area (Å²) in [6.45, 7) is 2.62. The van der Waals surface area contributed by atoms with Crippen LogP contribution in [0.15, 0.2) is 29.2 Å². The van der Waals surface area contributed by atoms with E-state index in [1.54, 1.807) is 12.1 Å². The number of carbonyl (C=O) groups is 1. The molecule has 1 saturated carbocycles. The molecular weight excluding hydrogens is 328 g/mol. The normalized spacial score (nSPS) is 21.4. The highest BCUT2D eigenvalue weighted by atomic mass is 32.2. The van der Waals surface area contributed by atoms with Gasteiger partial charge in [-0.3, -0.25) is 4.79 Å². The van der Waals surface area contributed by atoms with E-state index in [4.69, 9.17) is 4.74 Å². The maximum atomic E-state index is 12.5. The van der Waals surface area contributed by atoms with Gasteiger partial charge in [-0.05, 0) is 37.0 Å². The summed E-state index contributed by atoms with van der Waals surface area (Å²) in [5.41, 5.74) is 0.363. The second-order valence-corrected chi connectivity index (χ2v) is 8.03. The van der Waals surface area contributed by atoms with E-state index >= 15 is 0 Å². The Morgan fingerprint density at radius 3 is 2.75 bits per heavy atom. The zero-order chi connectivity index (χ0) is 17.6. The summed E-state index contributed by atoms with van der Waals surface area (Å²) in [5, 5.41) is 3.04. The van der Waals surface area contributed by atoms with Crippen molar-refractivity contribution < 1.29 is 17.9 Å². The molecule has 1 aliphatic rings. The summed E-state index contributed by atoms with van der Waals surface area (Å²) in [4.78, 5) is 12.5. The Hall–Kier alpha value is -1.44. The van der Waals surface area contributed by atoms with Crippen molar-refractivity contribution in [3.05, 3.63) is 29.8 Å². The van der Waals surface area contributed by atoms with Crippen molar-refractivity contribution in [1.29, 1.82) is 0 Å². The number of methoxy groups -OCH3 is 1. The largest absolute Gasteiger partial charge is 0.383 e. The number of carbonyl (C=O) groups excluding carboxylic acids is 1. The van der Waals surface area contributed by atoms with Crippen LogP contribution in [0.5, 0.6) is 0 Å². The molecule has 1 aromatic rings. The predicted octanol–water partition coefficient (Wildman–Crippen LogP) is 1.92. The molecule has 2 unspecified atom stereocenters. The second-order valence-electron chi connectivity index (χ2n) is 6.26. The minimum atomic E-state index is -3.64. The monoisotopic (exact) mass is 354 g/mol. The number of hydrogen-bond acceptors (Lipinski definition) is 4. The fourth-order valence-corrected chi connectivity index (χ4v) is 4.01. The van der Waals surface area contributed by atoms with Gasteiger partial charge in [0.25, 0.3) is 5.91 Å². The van der Waals surface area contributed by atoms with E-state index < -0.39 is 10.0 Å². The number of sulfonamides is 1. The van der Waals surface area contributed by atoms with Crippen molar-refractivity contribution in [3.63, 3.8) is 0 Å². The Bertz CT molecular complexity index is 660. The number of amides is 1. The number of hydrogen-bond donors (Lipinski definition) is 2. The van der Waals surface area contributed by atoms with Crippen LogP contribution in [0.25, 0.3) is 0 Å². The smallest absolute Gasteiger partial charge is 0.251 e. The molecule has 1 aliphatic carbocycles. The molecule has 7 heteroatoms. The standard InChI is InChI=1S/C17H26N2O4S/c1-13-6-3-4-9-16(13)19-17(20)14-7-5-8-15(12-14)24(21,22)18-10-11-23-2/h5,7-8,12-13,16,18H,3-4,6,9-11H2,1-2H3,(H,19,20). The molecule has 0 bridgehead atoms. The second kappa shape index (κ2) is 8.60. The Morgan fingerprint density at radius 2 is 2.04 bits per heavy atom. The van der Waals surface area contributed by atoms with Crippen LogP contribution in [0, 0.1) is 5.92 Å². The molecule has 0 saturated heterocycles. The van der Waals surface area contributed by atoms with Crippen LogP contribution in [0.1, 0.15) is 43.0 Å². The van der Waals surface area contributed by atoms with Gasteiger partial charge in [0.15, 0.2) is 0 Å². The topological polar surface area (TPSA) is 84.5 Å². The molecule has 1 amide bonds. The third-order valence-corrected chi connectivity index (χ3v) is 5.89. The molecule has 1 fully saturated rings. The van der Waals surface area contributed by atoms with E-state index in [0.717, 1.165) is 19.3 Å². The molecule has 0 heterocycles. The quantitative estimate of drug-likeness (QED) is 0.733. The number of benzene rings is 1. The van der Waals surface area contributed by atoms with Crippen LogP contribution < -0.4 is 10.0 Å². The Labute approximate surface area is 144 Å². The zero-order valence-corrected chi connectivity index (χ0v) is 15.1. The van der Waals surface area contributed by atoms with Crippen LogP contribution >= 0.6 is 0 Å². The molecule has 0 aliphatic heterocycles. The van der Waals surface area contributed by atoms with E-state index in [1.807, 2.05) is 0 Å². The highest BCUT2D eigenvalue weighted by Crippen LogP contribution is 2.24. The van der Waals surface area contributed by atoms with E-state index in [-0.39, 0.29) is 23.4 Å². The molecule has 2 atom stereocenters. The minimum Gasteiger partial charge on any atom is -0.383 e. The van der Waals surface area contributed by atoms with Crippen LogP contribution in [-0.4, -0.2) is 40.6 Å². The molecule has 6 nitrogen and oxygen atoms in total. The molecule has 0 aromatic heterocycles. The third kappa shape index (κ3) is 5.03. The van der Waals surface area contributed by atoms with Crippen molar-refractivity contribution in [2.45, 2.75) is 43.5 Å². The van der Waals surface area contributed by atoms with Crippen molar-refractivity contribution in [1.82, 2.24) is 10.0 Å². The predicted molar refractivity (Wildman–Crippen MR) is 92.4 cm³/mol. The van der Waals surface area contributed by atoms with Gasteiger partial charge in [-0.25, -0.2) is 13.1 Å². The molecule has 134 valence electrons. The first kappa shape index (κ1) is 18.9. The number of rotatable bonds is 7. The van der Waals surface area contributed by atoms with Crippen molar-refractivity contribution in [3.8, 4) is 0 Å². The molecule has 2 rings (SSSR count). The zero-order valence-electron chi connectivity index (χ0n) is 14.2. The summed E-state index contributed by atoms with van der Waals surface area (Å²) in [7, 11) is -2.14.